The molecule has 0 radical (unpaired) electrons. The van der Waals surface area contributed by atoms with Gasteiger partial charge in [0.2, 0.25) is 0 Å². The number of hydrogen-bond acceptors (Lipinski definition) is 0. The van der Waals surface area contributed by atoms with Crippen LogP contribution in [0.4, 0.5) is 0 Å². The molecule has 0 aromatic heterocycles. The molecule has 0 heterocycles. The third kappa shape index (κ3) is 21.2. The summed E-state index contributed by atoms with van der Waals surface area (Å²) in [5, 5.41) is 0. The summed E-state index contributed by atoms with van der Waals surface area (Å²) in [7, 11) is 0.676. The first kappa shape index (κ1) is 51.2. The van der Waals surface area contributed by atoms with Crippen molar-refractivity contribution >= 4 is 10.9 Å². The van der Waals surface area contributed by atoms with Crippen LogP contribution in [0.25, 0.3) is 0 Å². The van der Waals surface area contributed by atoms with Gasteiger partial charge in [-0.05, 0) is 190 Å². The Morgan fingerprint density at radius 2 is 0.431 bits per heavy atom. The zero-order valence-corrected chi connectivity index (χ0v) is 38.8. The molecule has 0 aliphatic carbocycles. The maximum absolute atomic E-state index is 2.46. The van der Waals surface area contributed by atoms with Crippen LogP contribution in [0.15, 0.2) is 0 Å². The second-order valence-corrected chi connectivity index (χ2v) is 19.5. The van der Waals surface area contributed by atoms with Crippen molar-refractivity contribution in [3.05, 3.63) is 0 Å². The minimum Gasteiger partial charge on any atom is -0.324 e. The Morgan fingerprint density at radius 1 is 0.235 bits per heavy atom. The van der Waals surface area contributed by atoms with Crippen molar-refractivity contribution in [1.29, 1.82) is 0 Å². The first-order valence-electron chi connectivity index (χ1n) is 23.7. The van der Waals surface area contributed by atoms with Crippen molar-refractivity contribution in [2.45, 2.75) is 179 Å². The van der Waals surface area contributed by atoms with E-state index >= 15 is 0 Å². The lowest BCUT2D eigenvalue weighted by Crippen LogP contribution is -2.49. The molecule has 0 fully saturated rings. The molecular weight excluding hydrogens is 641 g/mol. The van der Waals surface area contributed by atoms with Gasteiger partial charge in [-0.2, -0.15) is 0 Å². The van der Waals surface area contributed by atoms with Gasteiger partial charge in [-0.1, -0.05) is 0 Å². The Hall–Kier alpha value is 0.190. The van der Waals surface area contributed by atoms with Crippen molar-refractivity contribution in [3.8, 4) is 0 Å². The predicted molar refractivity (Wildman–Crippen MR) is 237 cm³/mol. The molecule has 5 heteroatoms. The first-order chi connectivity index (χ1) is 24.7. The fourth-order valence-corrected chi connectivity index (χ4v) is 11.3. The van der Waals surface area contributed by atoms with Crippen LogP contribution in [0.3, 0.4) is 0 Å². The summed E-state index contributed by atoms with van der Waals surface area (Å²) < 4.78 is 5.37. The molecule has 308 valence electrons. The molecule has 0 unspecified atom stereocenters. The highest BCUT2D eigenvalue weighted by Gasteiger charge is 2.25. The van der Waals surface area contributed by atoms with E-state index in [0.717, 1.165) is 0 Å². The van der Waals surface area contributed by atoms with Crippen molar-refractivity contribution in [2.75, 3.05) is 122 Å². The molecule has 0 aliphatic heterocycles. The predicted octanol–water partition coefficient (Wildman–Crippen LogP) is 11.3. The zero-order valence-electron chi connectivity index (χ0n) is 37.9. The Morgan fingerprint density at radius 3 is 0.627 bits per heavy atom. The summed E-state index contributed by atoms with van der Waals surface area (Å²) in [6.07, 6.45) is 23.1. The molecule has 0 rings (SSSR count). The van der Waals surface area contributed by atoms with Gasteiger partial charge in [-0.15, -0.1) is 0 Å². The SMILES string of the molecule is CC[S+](CCCCCC[N+](CC)(CC)CCCCCC[N+](CC)(CC)CC)CCCCCC[N+](CC)(CC)CCCCCC[N+](CC)(CC)CC. The minimum atomic E-state index is 0.676. The van der Waals surface area contributed by atoms with Crippen LogP contribution in [-0.4, -0.2) is 140 Å². The van der Waals surface area contributed by atoms with Gasteiger partial charge < -0.3 is 17.9 Å². The molecule has 0 aromatic rings. The van der Waals surface area contributed by atoms with Gasteiger partial charge in [0, 0.05) is 0 Å². The van der Waals surface area contributed by atoms with Crippen LogP contribution in [0.2, 0.25) is 0 Å². The average molecular weight is 744 g/mol. The second-order valence-electron chi connectivity index (χ2n) is 16.8. The zero-order chi connectivity index (χ0) is 38.3. The van der Waals surface area contributed by atoms with E-state index < -0.39 is 0 Å². The van der Waals surface area contributed by atoms with E-state index in [1.54, 1.807) is 0 Å². The summed E-state index contributed by atoms with van der Waals surface area (Å²) in [6, 6.07) is 0. The van der Waals surface area contributed by atoms with Crippen molar-refractivity contribution in [1.82, 2.24) is 0 Å². The van der Waals surface area contributed by atoms with Gasteiger partial charge in [-0.25, -0.2) is 0 Å². The molecular formula is C46H103N4S+5. The van der Waals surface area contributed by atoms with E-state index in [2.05, 4.69) is 76.2 Å². The molecule has 0 saturated heterocycles. The quantitative estimate of drug-likeness (QED) is 0.0334. The molecule has 0 bridgehead atoms. The molecule has 0 N–H and O–H groups in total. The molecule has 0 amide bonds. The standard InChI is InChI=1S/C46H103N4S/c1-12-47(13-2,14-3)39-31-23-25-33-41-49(18-7,19-8)43-35-27-29-37-45-51(22-11)46-38-30-28-36-44-50(20-9,21-10)42-34-26-24-32-40-48(15-4,16-5)17-6/h12-46H2,1-11H3/q+5. The fourth-order valence-electron chi connectivity index (χ4n) is 9.33. The largest absolute Gasteiger partial charge is 0.324 e. The van der Waals surface area contributed by atoms with E-state index in [-0.39, 0.29) is 0 Å². The lowest BCUT2D eigenvalue weighted by atomic mass is 10.1. The van der Waals surface area contributed by atoms with Gasteiger partial charge in [0.25, 0.3) is 0 Å². The number of nitrogens with zero attached hydrogens (tertiary/aromatic N) is 4. The van der Waals surface area contributed by atoms with Crippen LogP contribution in [0.5, 0.6) is 0 Å². The maximum atomic E-state index is 2.46. The Balaban J connectivity index is 4.20. The van der Waals surface area contributed by atoms with Gasteiger partial charge in [0.1, 0.15) is 17.3 Å². The molecule has 0 saturated carbocycles. The summed E-state index contributed by atoms with van der Waals surface area (Å²) in [4.78, 5) is 0. The maximum Gasteiger partial charge on any atom is 0.108 e. The molecule has 0 aliphatic rings. The lowest BCUT2D eigenvalue weighted by molar-refractivity contribution is -0.925. The minimum absolute atomic E-state index is 0.676. The second kappa shape index (κ2) is 31.4. The Bertz CT molecular complexity index is 665. The average Bonchev–Trinajstić information content (AvgIpc) is 3.18. The summed E-state index contributed by atoms with van der Waals surface area (Å²) in [6.45, 7) is 48.1. The van der Waals surface area contributed by atoms with Gasteiger partial charge in [0.05, 0.1) is 105 Å². The van der Waals surface area contributed by atoms with Crippen LogP contribution in [-0.2, 0) is 10.9 Å². The van der Waals surface area contributed by atoms with Crippen LogP contribution in [0, 0.1) is 0 Å². The highest BCUT2D eigenvalue weighted by molar-refractivity contribution is 7.96. The number of hydrogen-bond donors (Lipinski definition) is 0. The van der Waals surface area contributed by atoms with Crippen LogP contribution >= 0.6 is 0 Å². The fraction of sp³-hybridized carbons (Fsp3) is 1.00. The molecule has 0 aromatic carbocycles. The van der Waals surface area contributed by atoms with E-state index in [1.165, 1.54) is 243 Å². The lowest BCUT2D eigenvalue weighted by Gasteiger charge is -2.37. The third-order valence-electron chi connectivity index (χ3n) is 14.8. The summed E-state index contributed by atoms with van der Waals surface area (Å²) in [5.41, 5.74) is 0. The highest BCUT2D eigenvalue weighted by Crippen LogP contribution is 2.18. The molecule has 0 atom stereocenters. The number of unbranched alkanes of at least 4 members (excludes halogenated alkanes) is 12. The smallest absolute Gasteiger partial charge is 0.108 e. The molecule has 4 nitrogen and oxygen atoms in total. The van der Waals surface area contributed by atoms with E-state index in [4.69, 9.17) is 0 Å². The van der Waals surface area contributed by atoms with E-state index in [0.29, 0.717) is 10.9 Å². The third-order valence-corrected chi connectivity index (χ3v) is 17.3. The van der Waals surface area contributed by atoms with Gasteiger partial charge in [0.15, 0.2) is 0 Å². The number of quaternary nitrogens is 4. The molecule has 0 spiro atoms. The summed E-state index contributed by atoms with van der Waals surface area (Å²) >= 11 is 0. The van der Waals surface area contributed by atoms with Gasteiger partial charge >= 0.3 is 0 Å². The normalized spacial score (nSPS) is 13.2. The first-order valence-corrected chi connectivity index (χ1v) is 25.4. The van der Waals surface area contributed by atoms with Crippen LogP contribution < -0.4 is 0 Å². The van der Waals surface area contributed by atoms with Gasteiger partial charge in [-0.3, -0.25) is 0 Å². The van der Waals surface area contributed by atoms with E-state index in [1.807, 2.05) is 0 Å². The van der Waals surface area contributed by atoms with Crippen molar-refractivity contribution in [3.63, 3.8) is 0 Å². The highest BCUT2D eigenvalue weighted by atomic mass is 32.2. The Kier molecular flexibility index (Phi) is 31.5. The van der Waals surface area contributed by atoms with Crippen LogP contribution in [0.1, 0.15) is 179 Å². The van der Waals surface area contributed by atoms with E-state index in [9.17, 15) is 0 Å². The van der Waals surface area contributed by atoms with Crippen molar-refractivity contribution in [2.24, 2.45) is 0 Å². The monoisotopic (exact) mass is 744 g/mol. The molecule has 51 heavy (non-hydrogen) atoms. The Labute approximate surface area is 328 Å². The topological polar surface area (TPSA) is 0 Å². The summed E-state index contributed by atoms with van der Waals surface area (Å²) in [5.74, 6) is 4.43. The number of rotatable bonds is 39. The van der Waals surface area contributed by atoms with Crippen molar-refractivity contribution < 1.29 is 17.9 Å².